The lowest BCUT2D eigenvalue weighted by atomic mass is 10.1. The van der Waals surface area contributed by atoms with E-state index in [9.17, 15) is 18.0 Å². The van der Waals surface area contributed by atoms with E-state index in [1.54, 1.807) is 13.8 Å². The van der Waals surface area contributed by atoms with Gasteiger partial charge in [0.05, 0.1) is 10.6 Å². The van der Waals surface area contributed by atoms with Gasteiger partial charge in [-0.3, -0.25) is 4.79 Å². The Kier molecular flexibility index (Phi) is 4.00. The topological polar surface area (TPSA) is 54.9 Å². The van der Waals surface area contributed by atoms with Crippen LogP contribution >= 0.6 is 11.3 Å². The predicted molar refractivity (Wildman–Crippen MR) is 85.9 cm³/mol. The van der Waals surface area contributed by atoms with Gasteiger partial charge < -0.3 is 5.32 Å². The van der Waals surface area contributed by atoms with E-state index >= 15 is 0 Å². The van der Waals surface area contributed by atoms with Crippen molar-refractivity contribution in [3.05, 3.63) is 51.5 Å². The third kappa shape index (κ3) is 2.62. The zero-order valence-electron chi connectivity index (χ0n) is 13.0. The van der Waals surface area contributed by atoms with Crippen LogP contribution in [0.5, 0.6) is 0 Å². The Morgan fingerprint density at radius 1 is 1.08 bits per heavy atom. The fourth-order valence-corrected chi connectivity index (χ4v) is 3.66. The summed E-state index contributed by atoms with van der Waals surface area (Å²) in [6.45, 7) is 5.30. The first-order chi connectivity index (χ1) is 11.3. The van der Waals surface area contributed by atoms with E-state index in [4.69, 9.17) is 0 Å². The molecule has 0 radical (unpaired) electrons. The standard InChI is InChI=1S/C16H12F3N3OS/c1-6-11-7(2)20-8(3)21-16(11)24-14(6)15(23)22-10-5-4-9(17)12(18)13(10)19/h4-5H,1-3H3,(H,22,23). The van der Waals surface area contributed by atoms with Crippen LogP contribution in [-0.4, -0.2) is 15.9 Å². The Morgan fingerprint density at radius 3 is 2.50 bits per heavy atom. The molecule has 124 valence electrons. The third-order valence-corrected chi connectivity index (χ3v) is 4.76. The lowest BCUT2D eigenvalue weighted by Gasteiger charge is -2.07. The molecule has 0 atom stereocenters. The van der Waals surface area contributed by atoms with Gasteiger partial charge in [-0.2, -0.15) is 0 Å². The summed E-state index contributed by atoms with van der Waals surface area (Å²) in [5, 5.41) is 3.04. The van der Waals surface area contributed by atoms with Crippen molar-refractivity contribution >= 4 is 33.1 Å². The maximum Gasteiger partial charge on any atom is 0.266 e. The van der Waals surface area contributed by atoms with Gasteiger partial charge in [-0.1, -0.05) is 0 Å². The molecule has 0 bridgehead atoms. The van der Waals surface area contributed by atoms with Crippen LogP contribution < -0.4 is 5.32 Å². The maximum absolute atomic E-state index is 13.7. The molecule has 1 amide bonds. The van der Waals surface area contributed by atoms with E-state index in [2.05, 4.69) is 15.3 Å². The molecule has 2 aromatic heterocycles. The number of benzene rings is 1. The molecule has 0 saturated carbocycles. The molecule has 4 nitrogen and oxygen atoms in total. The van der Waals surface area contributed by atoms with Crippen LogP contribution in [0.1, 0.15) is 26.8 Å². The Hall–Kier alpha value is -2.48. The van der Waals surface area contributed by atoms with Crippen LogP contribution in [0.4, 0.5) is 18.9 Å². The van der Waals surface area contributed by atoms with Gasteiger partial charge in [0.25, 0.3) is 5.91 Å². The normalized spacial score (nSPS) is 11.1. The number of hydrogen-bond donors (Lipinski definition) is 1. The number of carbonyl (C=O) groups excluding carboxylic acids is 1. The largest absolute Gasteiger partial charge is 0.319 e. The molecule has 3 rings (SSSR count). The summed E-state index contributed by atoms with van der Waals surface area (Å²) in [7, 11) is 0. The van der Waals surface area contributed by atoms with Crippen molar-refractivity contribution in [2.45, 2.75) is 20.8 Å². The van der Waals surface area contributed by atoms with Crippen molar-refractivity contribution in [3.63, 3.8) is 0 Å². The number of halogens is 3. The first kappa shape index (κ1) is 16.4. The minimum absolute atomic E-state index is 0.317. The number of nitrogens with one attached hydrogen (secondary N) is 1. The van der Waals surface area contributed by atoms with E-state index in [0.29, 0.717) is 21.1 Å². The van der Waals surface area contributed by atoms with Gasteiger partial charge in [0, 0.05) is 11.1 Å². The molecule has 8 heteroatoms. The fraction of sp³-hybridized carbons (Fsp3) is 0.188. The summed E-state index contributed by atoms with van der Waals surface area (Å²) < 4.78 is 39.9. The lowest BCUT2D eigenvalue weighted by molar-refractivity contribution is 0.102. The highest BCUT2D eigenvalue weighted by Gasteiger charge is 2.21. The average Bonchev–Trinajstić information content (AvgIpc) is 2.84. The summed E-state index contributed by atoms with van der Waals surface area (Å²) >= 11 is 1.14. The minimum atomic E-state index is -1.63. The van der Waals surface area contributed by atoms with Crippen molar-refractivity contribution in [1.29, 1.82) is 0 Å². The van der Waals surface area contributed by atoms with Crippen LogP contribution in [0.25, 0.3) is 10.2 Å². The summed E-state index contributed by atoms with van der Waals surface area (Å²) in [6, 6.07) is 1.73. The summed E-state index contributed by atoms with van der Waals surface area (Å²) in [5.74, 6) is -4.41. The molecule has 24 heavy (non-hydrogen) atoms. The van der Waals surface area contributed by atoms with Crippen molar-refractivity contribution < 1.29 is 18.0 Å². The zero-order chi connectivity index (χ0) is 17.6. The van der Waals surface area contributed by atoms with Gasteiger partial charge in [0.2, 0.25) is 0 Å². The van der Waals surface area contributed by atoms with E-state index < -0.39 is 29.0 Å². The first-order valence-corrected chi connectivity index (χ1v) is 7.80. The Balaban J connectivity index is 2.02. The van der Waals surface area contributed by atoms with E-state index in [1.165, 1.54) is 0 Å². The number of aryl methyl sites for hydroxylation is 3. The Bertz CT molecular complexity index is 985. The molecule has 0 aliphatic heterocycles. The summed E-state index contributed by atoms with van der Waals surface area (Å²) in [4.78, 5) is 21.9. The molecule has 0 spiro atoms. The third-order valence-electron chi connectivity index (χ3n) is 3.57. The van der Waals surface area contributed by atoms with Gasteiger partial charge in [0.15, 0.2) is 17.5 Å². The molecule has 3 aromatic rings. The lowest BCUT2D eigenvalue weighted by Crippen LogP contribution is -2.13. The molecule has 0 saturated heterocycles. The van der Waals surface area contributed by atoms with Crippen LogP contribution in [0.15, 0.2) is 12.1 Å². The molecule has 0 fully saturated rings. The van der Waals surface area contributed by atoms with Crippen molar-refractivity contribution in [2.24, 2.45) is 0 Å². The number of anilines is 1. The van der Waals surface area contributed by atoms with Crippen LogP contribution in [0.2, 0.25) is 0 Å². The number of rotatable bonds is 2. The highest BCUT2D eigenvalue weighted by atomic mass is 32.1. The Morgan fingerprint density at radius 2 is 1.79 bits per heavy atom. The van der Waals surface area contributed by atoms with Crippen LogP contribution in [-0.2, 0) is 0 Å². The number of carbonyl (C=O) groups is 1. The van der Waals surface area contributed by atoms with Gasteiger partial charge in [-0.15, -0.1) is 11.3 Å². The van der Waals surface area contributed by atoms with Gasteiger partial charge in [0.1, 0.15) is 10.7 Å². The molecule has 0 aliphatic rings. The van der Waals surface area contributed by atoms with E-state index in [1.807, 2.05) is 6.92 Å². The summed E-state index contributed by atoms with van der Waals surface area (Å²) in [5.41, 5.74) is 0.979. The van der Waals surface area contributed by atoms with Gasteiger partial charge in [-0.05, 0) is 38.5 Å². The number of aromatic nitrogens is 2. The predicted octanol–water partition coefficient (Wildman–Crippen LogP) is 4.29. The molecular weight excluding hydrogens is 339 g/mol. The molecule has 1 N–H and O–H groups in total. The van der Waals surface area contributed by atoms with Gasteiger partial charge >= 0.3 is 0 Å². The van der Waals surface area contributed by atoms with Crippen molar-refractivity contribution in [1.82, 2.24) is 9.97 Å². The molecule has 2 heterocycles. The average molecular weight is 351 g/mol. The number of thiophene rings is 1. The van der Waals surface area contributed by atoms with Crippen molar-refractivity contribution in [3.8, 4) is 0 Å². The highest BCUT2D eigenvalue weighted by Crippen LogP contribution is 2.32. The number of nitrogens with zero attached hydrogens (tertiary/aromatic N) is 2. The fourth-order valence-electron chi connectivity index (χ4n) is 2.49. The zero-order valence-corrected chi connectivity index (χ0v) is 13.8. The highest BCUT2D eigenvalue weighted by molar-refractivity contribution is 7.20. The molecule has 0 aliphatic carbocycles. The van der Waals surface area contributed by atoms with Crippen LogP contribution in [0.3, 0.4) is 0 Å². The number of amides is 1. The van der Waals surface area contributed by atoms with E-state index in [0.717, 1.165) is 34.5 Å². The summed E-state index contributed by atoms with van der Waals surface area (Å²) in [6.07, 6.45) is 0. The maximum atomic E-state index is 13.7. The Labute approximate surface area is 139 Å². The second kappa shape index (κ2) is 5.86. The monoisotopic (exact) mass is 351 g/mol. The van der Waals surface area contributed by atoms with Gasteiger partial charge in [-0.25, -0.2) is 23.1 Å². The number of fused-ring (bicyclic) bond motifs is 1. The van der Waals surface area contributed by atoms with Crippen LogP contribution in [0, 0.1) is 38.2 Å². The van der Waals surface area contributed by atoms with Crippen molar-refractivity contribution in [2.75, 3.05) is 5.32 Å². The molecule has 1 aromatic carbocycles. The molecular formula is C16H12F3N3OS. The first-order valence-electron chi connectivity index (χ1n) is 6.98. The molecule has 0 unspecified atom stereocenters. The smallest absolute Gasteiger partial charge is 0.266 e. The quantitative estimate of drug-likeness (QED) is 0.701. The second-order valence-electron chi connectivity index (χ2n) is 5.27. The number of hydrogen-bond acceptors (Lipinski definition) is 4. The SMILES string of the molecule is Cc1nc(C)c2c(C)c(C(=O)Nc3ccc(F)c(F)c3F)sc2n1. The minimum Gasteiger partial charge on any atom is -0.319 e. The second-order valence-corrected chi connectivity index (χ2v) is 6.27. The van der Waals surface area contributed by atoms with E-state index in [-0.39, 0.29) is 0 Å².